The van der Waals surface area contributed by atoms with Crippen LogP contribution in [0.25, 0.3) is 10.2 Å². The molecule has 0 spiro atoms. The Morgan fingerprint density at radius 2 is 1.83 bits per heavy atom. The van der Waals surface area contributed by atoms with Gasteiger partial charge in [0.05, 0.1) is 18.5 Å². The van der Waals surface area contributed by atoms with Crippen LogP contribution < -0.4 is 11.2 Å². The van der Waals surface area contributed by atoms with Gasteiger partial charge < -0.3 is 9.64 Å². The lowest BCUT2D eigenvalue weighted by molar-refractivity contribution is 0.0495. The highest BCUT2D eigenvalue weighted by Gasteiger charge is 2.18. The molecule has 0 saturated heterocycles. The highest BCUT2D eigenvalue weighted by atomic mass is 32.1. The number of hydrogen-bond donors (Lipinski definition) is 0. The molecule has 2 heterocycles. The number of carbonyl (C=O) groups is 1. The van der Waals surface area contributed by atoms with E-state index in [0.29, 0.717) is 21.7 Å². The molecule has 0 aliphatic rings. The fraction of sp³-hybridized carbons (Fsp3) is 0.409. The maximum Gasteiger partial charge on any atom is 0.348 e. The monoisotopic (exact) mass is 429 g/mol. The third-order valence-electron chi connectivity index (χ3n) is 5.14. The van der Waals surface area contributed by atoms with Crippen LogP contribution in [-0.4, -0.2) is 46.2 Å². The summed E-state index contributed by atoms with van der Waals surface area (Å²) in [5.41, 5.74) is 0.0604. The van der Waals surface area contributed by atoms with E-state index < -0.39 is 17.2 Å². The molecule has 0 unspecified atom stereocenters. The molecule has 3 rings (SSSR count). The van der Waals surface area contributed by atoms with E-state index in [-0.39, 0.29) is 6.54 Å². The minimum atomic E-state index is -0.461. The van der Waals surface area contributed by atoms with E-state index in [0.717, 1.165) is 43.0 Å². The fourth-order valence-corrected chi connectivity index (χ4v) is 4.35. The largest absolute Gasteiger partial charge is 0.461 e. The number of nitrogens with zero attached hydrogens (tertiary/aromatic N) is 3. The summed E-state index contributed by atoms with van der Waals surface area (Å²) in [5, 5.41) is 0.355. The molecule has 0 saturated carbocycles. The Kier molecular flexibility index (Phi) is 7.23. The number of benzene rings is 1. The van der Waals surface area contributed by atoms with Crippen molar-refractivity contribution in [3.8, 4) is 0 Å². The van der Waals surface area contributed by atoms with Crippen LogP contribution in [0.4, 0.5) is 0 Å². The van der Waals surface area contributed by atoms with E-state index in [9.17, 15) is 14.4 Å². The SMILES string of the molecule is CCN(CC)CCCOC(=O)c1cc2c(=O)n(Cc3ccccc3)c(=O)n(C)c2s1. The molecule has 0 bridgehead atoms. The zero-order valence-electron chi connectivity index (χ0n) is 17.6. The molecule has 7 nitrogen and oxygen atoms in total. The summed E-state index contributed by atoms with van der Waals surface area (Å²) in [6, 6.07) is 10.9. The van der Waals surface area contributed by atoms with E-state index in [4.69, 9.17) is 4.74 Å². The van der Waals surface area contributed by atoms with E-state index in [1.165, 1.54) is 15.2 Å². The summed E-state index contributed by atoms with van der Waals surface area (Å²) in [5.74, 6) is -0.461. The maximum atomic E-state index is 12.9. The predicted molar refractivity (Wildman–Crippen MR) is 120 cm³/mol. The van der Waals surface area contributed by atoms with Crippen LogP contribution in [0.15, 0.2) is 46.0 Å². The van der Waals surface area contributed by atoms with Gasteiger partial charge >= 0.3 is 11.7 Å². The highest BCUT2D eigenvalue weighted by Crippen LogP contribution is 2.22. The number of esters is 1. The Morgan fingerprint density at radius 1 is 1.13 bits per heavy atom. The van der Waals surface area contributed by atoms with E-state index >= 15 is 0 Å². The van der Waals surface area contributed by atoms with Crippen molar-refractivity contribution in [2.24, 2.45) is 7.05 Å². The van der Waals surface area contributed by atoms with Gasteiger partial charge in [0.25, 0.3) is 5.56 Å². The van der Waals surface area contributed by atoms with Gasteiger partial charge in [0, 0.05) is 13.6 Å². The number of hydrogen-bond acceptors (Lipinski definition) is 6. The van der Waals surface area contributed by atoms with Gasteiger partial charge in [0.15, 0.2) is 0 Å². The van der Waals surface area contributed by atoms with Crippen molar-refractivity contribution in [2.45, 2.75) is 26.8 Å². The summed E-state index contributed by atoms with van der Waals surface area (Å²) < 4.78 is 8.00. The van der Waals surface area contributed by atoms with Crippen LogP contribution in [-0.2, 0) is 18.3 Å². The lowest BCUT2D eigenvalue weighted by Gasteiger charge is -2.17. The molecule has 0 N–H and O–H groups in total. The summed E-state index contributed by atoms with van der Waals surface area (Å²) in [6.45, 7) is 7.49. The number of ether oxygens (including phenoxy) is 1. The standard InChI is InChI=1S/C22H27N3O4S/c1-4-24(5-2)12-9-13-29-21(27)18-14-17-19(26)25(15-16-10-7-6-8-11-16)22(28)23(3)20(17)30-18/h6-8,10-11,14H,4-5,9,12-13,15H2,1-3H3. The second-order valence-electron chi connectivity index (χ2n) is 7.06. The molecule has 1 aromatic carbocycles. The molecule has 0 atom stereocenters. The van der Waals surface area contributed by atoms with Crippen molar-refractivity contribution in [1.82, 2.24) is 14.0 Å². The van der Waals surface area contributed by atoms with Crippen LogP contribution in [0.1, 0.15) is 35.5 Å². The number of aromatic nitrogens is 2. The molecule has 0 aliphatic carbocycles. The minimum Gasteiger partial charge on any atom is -0.461 e. The predicted octanol–water partition coefficient (Wildman–Crippen LogP) is 2.70. The number of carbonyl (C=O) groups excluding carboxylic acids is 1. The lowest BCUT2D eigenvalue weighted by Crippen LogP contribution is -2.38. The van der Waals surface area contributed by atoms with Crippen LogP contribution in [0.5, 0.6) is 0 Å². The molecule has 0 aliphatic heterocycles. The van der Waals surface area contributed by atoms with Crippen molar-refractivity contribution in [2.75, 3.05) is 26.2 Å². The zero-order valence-corrected chi connectivity index (χ0v) is 18.4. The fourth-order valence-electron chi connectivity index (χ4n) is 3.35. The Balaban J connectivity index is 1.81. The van der Waals surface area contributed by atoms with Gasteiger partial charge in [-0.25, -0.2) is 9.59 Å². The number of aryl methyl sites for hydroxylation is 1. The molecule has 2 aromatic heterocycles. The highest BCUT2D eigenvalue weighted by molar-refractivity contribution is 7.20. The Morgan fingerprint density at radius 3 is 2.50 bits per heavy atom. The van der Waals surface area contributed by atoms with E-state index in [1.54, 1.807) is 7.05 Å². The normalized spacial score (nSPS) is 11.3. The van der Waals surface area contributed by atoms with Gasteiger partial charge in [-0.1, -0.05) is 44.2 Å². The van der Waals surface area contributed by atoms with Crippen molar-refractivity contribution in [3.63, 3.8) is 0 Å². The second kappa shape index (κ2) is 9.86. The lowest BCUT2D eigenvalue weighted by atomic mass is 10.2. The number of thiophene rings is 1. The first-order chi connectivity index (χ1) is 14.5. The minimum absolute atomic E-state index is 0.184. The molecule has 30 heavy (non-hydrogen) atoms. The van der Waals surface area contributed by atoms with Gasteiger partial charge in [-0.3, -0.25) is 13.9 Å². The van der Waals surface area contributed by atoms with Crippen LogP contribution in [0, 0.1) is 0 Å². The quantitative estimate of drug-likeness (QED) is 0.386. The van der Waals surface area contributed by atoms with Crippen molar-refractivity contribution >= 4 is 27.5 Å². The zero-order chi connectivity index (χ0) is 21.7. The molecular weight excluding hydrogens is 402 g/mol. The smallest absolute Gasteiger partial charge is 0.348 e. The van der Waals surface area contributed by atoms with Crippen LogP contribution in [0.3, 0.4) is 0 Å². The van der Waals surface area contributed by atoms with Gasteiger partial charge in [-0.05, 0) is 31.1 Å². The average Bonchev–Trinajstić information content (AvgIpc) is 3.22. The van der Waals surface area contributed by atoms with Gasteiger partial charge in [-0.15, -0.1) is 11.3 Å². The third kappa shape index (κ3) is 4.71. The van der Waals surface area contributed by atoms with Gasteiger partial charge in [0.1, 0.15) is 9.71 Å². The Labute approximate surface area is 179 Å². The Bertz CT molecular complexity index is 1130. The van der Waals surface area contributed by atoms with Crippen molar-refractivity contribution in [3.05, 3.63) is 67.7 Å². The second-order valence-corrected chi connectivity index (χ2v) is 8.09. The van der Waals surface area contributed by atoms with Crippen LogP contribution in [0.2, 0.25) is 0 Å². The first-order valence-electron chi connectivity index (χ1n) is 10.1. The molecule has 0 radical (unpaired) electrons. The molecule has 3 aromatic rings. The average molecular weight is 430 g/mol. The molecule has 0 fully saturated rings. The van der Waals surface area contributed by atoms with Gasteiger partial charge in [0.2, 0.25) is 0 Å². The summed E-state index contributed by atoms with van der Waals surface area (Å²) >= 11 is 1.11. The van der Waals surface area contributed by atoms with Gasteiger partial charge in [-0.2, -0.15) is 0 Å². The molecule has 0 amide bonds. The van der Waals surface area contributed by atoms with Crippen molar-refractivity contribution in [1.29, 1.82) is 0 Å². The first-order valence-corrected chi connectivity index (χ1v) is 10.9. The van der Waals surface area contributed by atoms with Crippen LogP contribution >= 0.6 is 11.3 Å². The molecular formula is C22H27N3O4S. The maximum absolute atomic E-state index is 12.9. The van der Waals surface area contributed by atoms with E-state index in [2.05, 4.69) is 18.7 Å². The van der Waals surface area contributed by atoms with E-state index in [1.807, 2.05) is 30.3 Å². The summed E-state index contributed by atoms with van der Waals surface area (Å²) in [4.78, 5) is 41.2. The summed E-state index contributed by atoms with van der Waals surface area (Å²) in [7, 11) is 1.61. The number of fused-ring (bicyclic) bond motifs is 1. The number of rotatable bonds is 9. The van der Waals surface area contributed by atoms with Crippen molar-refractivity contribution < 1.29 is 9.53 Å². The topological polar surface area (TPSA) is 73.5 Å². The molecule has 8 heteroatoms. The molecule has 160 valence electrons. The third-order valence-corrected chi connectivity index (χ3v) is 6.33. The first kappa shape index (κ1) is 22.0. The summed E-state index contributed by atoms with van der Waals surface area (Å²) in [6.07, 6.45) is 0.751. The Hall–Kier alpha value is -2.71.